The lowest BCUT2D eigenvalue weighted by Gasteiger charge is -2.26. The summed E-state index contributed by atoms with van der Waals surface area (Å²) in [6.07, 6.45) is 7.01. The zero-order valence-electron chi connectivity index (χ0n) is 10.1. The number of halogens is 1. The van der Waals surface area contributed by atoms with Crippen LogP contribution in [0.2, 0.25) is 0 Å². The Labute approximate surface area is 111 Å². The molecule has 4 nitrogen and oxygen atoms in total. The highest BCUT2D eigenvalue weighted by atomic mass is 79.9. The van der Waals surface area contributed by atoms with Crippen molar-refractivity contribution in [3.8, 4) is 0 Å². The quantitative estimate of drug-likeness (QED) is 0.900. The minimum Gasteiger partial charge on any atom is -0.369 e. The molecule has 0 saturated heterocycles. The molecule has 0 bridgehead atoms. The summed E-state index contributed by atoms with van der Waals surface area (Å²) in [6, 6.07) is 0. The number of hydrogen-bond acceptors (Lipinski definition) is 4. The molecule has 94 valence electrons. The van der Waals surface area contributed by atoms with E-state index in [0.29, 0.717) is 5.95 Å². The van der Waals surface area contributed by atoms with Crippen LogP contribution < -0.4 is 11.1 Å². The number of anilines is 2. The third-order valence-corrected chi connectivity index (χ3v) is 4.04. The molecule has 3 N–H and O–H groups in total. The van der Waals surface area contributed by atoms with Gasteiger partial charge in [-0.2, -0.15) is 4.98 Å². The normalized spacial score (nSPS) is 24.6. The van der Waals surface area contributed by atoms with Crippen molar-refractivity contribution in [1.82, 2.24) is 9.97 Å². The maximum absolute atomic E-state index is 5.57. The standard InChI is InChI=1S/C12H19BrN4/c1-8-2-4-9(5-3-8)6-15-11-10(13)7-16-12(14)17-11/h7-9H,2-6H2,1H3,(H3,14,15,16,17). The van der Waals surface area contributed by atoms with Gasteiger partial charge in [-0.25, -0.2) is 4.98 Å². The second-order valence-corrected chi connectivity index (χ2v) is 5.79. The van der Waals surface area contributed by atoms with Crippen LogP contribution in [0.4, 0.5) is 11.8 Å². The van der Waals surface area contributed by atoms with Gasteiger partial charge in [0.25, 0.3) is 0 Å². The van der Waals surface area contributed by atoms with Gasteiger partial charge in [0.05, 0.1) is 4.47 Å². The van der Waals surface area contributed by atoms with E-state index in [-0.39, 0.29) is 0 Å². The van der Waals surface area contributed by atoms with Crippen LogP contribution in [0.15, 0.2) is 10.7 Å². The van der Waals surface area contributed by atoms with Gasteiger partial charge in [-0.3, -0.25) is 0 Å². The molecule has 17 heavy (non-hydrogen) atoms. The summed E-state index contributed by atoms with van der Waals surface area (Å²) in [7, 11) is 0. The van der Waals surface area contributed by atoms with E-state index in [2.05, 4.69) is 38.1 Å². The van der Waals surface area contributed by atoms with Crippen molar-refractivity contribution >= 4 is 27.7 Å². The number of nitrogen functional groups attached to an aromatic ring is 1. The van der Waals surface area contributed by atoms with Crippen molar-refractivity contribution in [3.63, 3.8) is 0 Å². The van der Waals surface area contributed by atoms with Crippen molar-refractivity contribution in [1.29, 1.82) is 0 Å². The number of nitrogens with zero attached hydrogens (tertiary/aromatic N) is 2. The third-order valence-electron chi connectivity index (χ3n) is 3.46. The van der Waals surface area contributed by atoms with Gasteiger partial charge >= 0.3 is 0 Å². The molecule has 0 aromatic carbocycles. The molecule has 1 saturated carbocycles. The number of aromatic nitrogens is 2. The van der Waals surface area contributed by atoms with E-state index in [4.69, 9.17) is 5.73 Å². The van der Waals surface area contributed by atoms with Crippen molar-refractivity contribution in [3.05, 3.63) is 10.7 Å². The Balaban J connectivity index is 1.87. The van der Waals surface area contributed by atoms with E-state index >= 15 is 0 Å². The van der Waals surface area contributed by atoms with Crippen LogP contribution in [-0.4, -0.2) is 16.5 Å². The van der Waals surface area contributed by atoms with Crippen molar-refractivity contribution in [2.75, 3.05) is 17.6 Å². The Morgan fingerprint density at radius 3 is 2.82 bits per heavy atom. The smallest absolute Gasteiger partial charge is 0.221 e. The molecule has 0 aliphatic heterocycles. The van der Waals surface area contributed by atoms with Gasteiger partial charge in [0.1, 0.15) is 5.82 Å². The summed E-state index contributed by atoms with van der Waals surface area (Å²) in [4.78, 5) is 8.10. The zero-order chi connectivity index (χ0) is 12.3. The first-order chi connectivity index (χ1) is 8.15. The van der Waals surface area contributed by atoms with Crippen molar-refractivity contribution in [2.45, 2.75) is 32.6 Å². The SMILES string of the molecule is CC1CCC(CNc2nc(N)ncc2Br)CC1. The Morgan fingerprint density at radius 2 is 2.12 bits per heavy atom. The highest BCUT2D eigenvalue weighted by Gasteiger charge is 2.18. The highest BCUT2D eigenvalue weighted by Crippen LogP contribution is 2.29. The molecular formula is C12H19BrN4. The van der Waals surface area contributed by atoms with Gasteiger partial charge in [-0.05, 0) is 40.6 Å². The molecule has 0 unspecified atom stereocenters. The van der Waals surface area contributed by atoms with Crippen molar-refractivity contribution in [2.24, 2.45) is 11.8 Å². The maximum atomic E-state index is 5.57. The molecule has 2 rings (SSSR count). The fraction of sp³-hybridized carbons (Fsp3) is 0.667. The van der Waals surface area contributed by atoms with Gasteiger partial charge in [0.15, 0.2) is 0 Å². The average Bonchev–Trinajstić information content (AvgIpc) is 2.32. The van der Waals surface area contributed by atoms with Crippen molar-refractivity contribution < 1.29 is 0 Å². The van der Waals surface area contributed by atoms with Gasteiger partial charge < -0.3 is 11.1 Å². The first-order valence-electron chi connectivity index (χ1n) is 6.17. The molecule has 1 fully saturated rings. The fourth-order valence-corrected chi connectivity index (χ4v) is 2.61. The monoisotopic (exact) mass is 298 g/mol. The van der Waals surface area contributed by atoms with Crippen LogP contribution in [0.5, 0.6) is 0 Å². The predicted molar refractivity (Wildman–Crippen MR) is 73.8 cm³/mol. The minimum atomic E-state index is 0.313. The van der Waals surface area contributed by atoms with E-state index in [0.717, 1.165) is 28.7 Å². The van der Waals surface area contributed by atoms with Crippen LogP contribution in [0.25, 0.3) is 0 Å². The van der Waals surface area contributed by atoms with Crippen LogP contribution in [-0.2, 0) is 0 Å². The first kappa shape index (κ1) is 12.6. The summed E-state index contributed by atoms with van der Waals surface area (Å²) >= 11 is 3.42. The number of nitrogens with two attached hydrogens (primary N) is 1. The zero-order valence-corrected chi connectivity index (χ0v) is 11.7. The first-order valence-corrected chi connectivity index (χ1v) is 6.96. The lowest BCUT2D eigenvalue weighted by Crippen LogP contribution is -2.20. The lowest BCUT2D eigenvalue weighted by molar-refractivity contribution is 0.300. The largest absolute Gasteiger partial charge is 0.369 e. The third kappa shape index (κ3) is 3.56. The summed E-state index contributed by atoms with van der Waals surface area (Å²) in [5, 5.41) is 3.36. The number of hydrogen-bond donors (Lipinski definition) is 2. The molecule has 5 heteroatoms. The predicted octanol–water partition coefficient (Wildman–Crippen LogP) is 3.06. The Hall–Kier alpha value is -0.840. The molecule has 0 spiro atoms. The molecule has 0 radical (unpaired) electrons. The van der Waals surface area contributed by atoms with Crippen LogP contribution in [0, 0.1) is 11.8 Å². The molecule has 1 aromatic heterocycles. The molecule has 0 atom stereocenters. The Kier molecular flexibility index (Phi) is 4.20. The summed E-state index contributed by atoms with van der Waals surface area (Å²) < 4.78 is 0.871. The maximum Gasteiger partial charge on any atom is 0.221 e. The molecule has 1 aliphatic rings. The minimum absolute atomic E-state index is 0.313. The van der Waals surface area contributed by atoms with Crippen LogP contribution in [0.1, 0.15) is 32.6 Å². The number of nitrogens with one attached hydrogen (secondary N) is 1. The van der Waals surface area contributed by atoms with E-state index in [9.17, 15) is 0 Å². The summed E-state index contributed by atoms with van der Waals surface area (Å²) in [6.45, 7) is 3.31. The second kappa shape index (κ2) is 5.67. The average molecular weight is 299 g/mol. The van der Waals surface area contributed by atoms with Crippen LogP contribution >= 0.6 is 15.9 Å². The lowest BCUT2D eigenvalue weighted by atomic mass is 9.83. The fourth-order valence-electron chi connectivity index (χ4n) is 2.28. The molecular weight excluding hydrogens is 280 g/mol. The topological polar surface area (TPSA) is 63.8 Å². The molecule has 1 heterocycles. The molecule has 1 aromatic rings. The highest BCUT2D eigenvalue weighted by molar-refractivity contribution is 9.10. The van der Waals surface area contributed by atoms with Gasteiger partial charge in [0.2, 0.25) is 5.95 Å². The van der Waals surface area contributed by atoms with E-state index < -0.39 is 0 Å². The van der Waals surface area contributed by atoms with Gasteiger partial charge in [-0.15, -0.1) is 0 Å². The van der Waals surface area contributed by atoms with E-state index in [1.165, 1.54) is 25.7 Å². The van der Waals surface area contributed by atoms with E-state index in [1.54, 1.807) is 6.20 Å². The Morgan fingerprint density at radius 1 is 1.41 bits per heavy atom. The summed E-state index contributed by atoms with van der Waals surface area (Å²) in [5.74, 6) is 2.77. The van der Waals surface area contributed by atoms with Gasteiger partial charge in [-0.1, -0.05) is 19.8 Å². The molecule has 1 aliphatic carbocycles. The Bertz CT molecular complexity index is 375. The summed E-state index contributed by atoms with van der Waals surface area (Å²) in [5.41, 5.74) is 5.57. The van der Waals surface area contributed by atoms with E-state index in [1.807, 2.05) is 0 Å². The second-order valence-electron chi connectivity index (χ2n) is 4.93. The molecule has 0 amide bonds. The number of rotatable bonds is 3. The van der Waals surface area contributed by atoms with Gasteiger partial charge in [0, 0.05) is 12.7 Å². The van der Waals surface area contributed by atoms with Crippen LogP contribution in [0.3, 0.4) is 0 Å².